The first-order valence-electron chi connectivity index (χ1n) is 5.85. The van der Waals surface area contributed by atoms with E-state index in [9.17, 15) is 4.79 Å². The number of carbonyl (C=O) groups excluding carboxylic acids is 1. The van der Waals surface area contributed by atoms with Crippen molar-refractivity contribution in [2.75, 3.05) is 13.7 Å². The molecule has 94 valence electrons. The van der Waals surface area contributed by atoms with E-state index >= 15 is 0 Å². The Bertz CT molecular complexity index is 366. The molecule has 0 aliphatic carbocycles. The van der Waals surface area contributed by atoms with Crippen LogP contribution in [0, 0.1) is 0 Å². The first kappa shape index (κ1) is 13.5. The van der Waals surface area contributed by atoms with Crippen molar-refractivity contribution in [2.45, 2.75) is 25.8 Å². The van der Waals surface area contributed by atoms with Crippen LogP contribution in [0.2, 0.25) is 0 Å². The number of methoxy groups -OCH3 is 1. The molecular formula is C13H20N2O2. The number of hydrogen-bond donors (Lipinski definition) is 2. The SMILES string of the molecule is CCCC(N)CNC(=O)c1ccccc1OC. The van der Waals surface area contributed by atoms with Crippen molar-refractivity contribution in [3.63, 3.8) is 0 Å². The molecule has 0 saturated carbocycles. The molecule has 1 aromatic rings. The molecule has 1 rings (SSSR count). The lowest BCUT2D eigenvalue weighted by Gasteiger charge is -2.13. The summed E-state index contributed by atoms with van der Waals surface area (Å²) in [5.41, 5.74) is 6.38. The molecule has 4 nitrogen and oxygen atoms in total. The molecule has 0 saturated heterocycles. The number of para-hydroxylation sites is 1. The van der Waals surface area contributed by atoms with Gasteiger partial charge in [-0.1, -0.05) is 25.5 Å². The average molecular weight is 236 g/mol. The van der Waals surface area contributed by atoms with Gasteiger partial charge in [-0.15, -0.1) is 0 Å². The lowest BCUT2D eigenvalue weighted by atomic mass is 10.1. The largest absolute Gasteiger partial charge is 0.496 e. The maximum atomic E-state index is 11.9. The normalized spacial score (nSPS) is 11.9. The number of rotatable bonds is 6. The van der Waals surface area contributed by atoms with Gasteiger partial charge in [0.15, 0.2) is 0 Å². The molecule has 3 N–H and O–H groups in total. The average Bonchev–Trinajstić information content (AvgIpc) is 2.36. The minimum absolute atomic E-state index is 0.0126. The van der Waals surface area contributed by atoms with Crippen molar-refractivity contribution in [1.29, 1.82) is 0 Å². The second-order valence-electron chi connectivity index (χ2n) is 3.96. The number of nitrogens with one attached hydrogen (secondary N) is 1. The minimum atomic E-state index is -0.144. The highest BCUT2D eigenvalue weighted by atomic mass is 16.5. The van der Waals surface area contributed by atoms with Crippen molar-refractivity contribution in [3.8, 4) is 5.75 Å². The quantitative estimate of drug-likeness (QED) is 0.787. The molecule has 0 heterocycles. The summed E-state index contributed by atoms with van der Waals surface area (Å²) in [5, 5.41) is 2.81. The first-order chi connectivity index (χ1) is 8.19. The summed E-state index contributed by atoms with van der Waals surface area (Å²) in [7, 11) is 1.55. The van der Waals surface area contributed by atoms with Crippen LogP contribution in [0.15, 0.2) is 24.3 Å². The van der Waals surface area contributed by atoms with Gasteiger partial charge >= 0.3 is 0 Å². The van der Waals surface area contributed by atoms with Crippen molar-refractivity contribution < 1.29 is 9.53 Å². The molecule has 1 atom stereocenters. The van der Waals surface area contributed by atoms with Gasteiger partial charge in [-0.2, -0.15) is 0 Å². The first-order valence-corrected chi connectivity index (χ1v) is 5.85. The van der Waals surface area contributed by atoms with Gasteiger partial charge in [0.2, 0.25) is 0 Å². The molecular weight excluding hydrogens is 216 g/mol. The fourth-order valence-corrected chi connectivity index (χ4v) is 1.62. The van der Waals surface area contributed by atoms with Gasteiger partial charge in [0, 0.05) is 12.6 Å². The second-order valence-corrected chi connectivity index (χ2v) is 3.96. The Morgan fingerprint density at radius 2 is 2.18 bits per heavy atom. The Hall–Kier alpha value is -1.55. The zero-order valence-corrected chi connectivity index (χ0v) is 10.4. The Balaban J connectivity index is 2.58. The van der Waals surface area contributed by atoms with Crippen LogP contribution in [-0.4, -0.2) is 25.6 Å². The molecule has 0 bridgehead atoms. The monoisotopic (exact) mass is 236 g/mol. The van der Waals surface area contributed by atoms with Crippen molar-refractivity contribution in [2.24, 2.45) is 5.73 Å². The lowest BCUT2D eigenvalue weighted by Crippen LogP contribution is -2.37. The Morgan fingerprint density at radius 1 is 1.47 bits per heavy atom. The van der Waals surface area contributed by atoms with Crippen LogP contribution in [-0.2, 0) is 0 Å². The molecule has 0 aliphatic rings. The summed E-state index contributed by atoms with van der Waals surface area (Å²) < 4.78 is 5.13. The fourth-order valence-electron chi connectivity index (χ4n) is 1.62. The third kappa shape index (κ3) is 4.07. The number of hydrogen-bond acceptors (Lipinski definition) is 3. The van der Waals surface area contributed by atoms with Crippen LogP contribution in [0.3, 0.4) is 0 Å². The number of nitrogens with two attached hydrogens (primary N) is 1. The van der Waals surface area contributed by atoms with Crippen LogP contribution in [0.5, 0.6) is 5.75 Å². The molecule has 0 aliphatic heterocycles. The van der Waals surface area contributed by atoms with Gasteiger partial charge in [-0.3, -0.25) is 4.79 Å². The topological polar surface area (TPSA) is 64.3 Å². The summed E-state index contributed by atoms with van der Waals surface area (Å²) >= 11 is 0. The van der Waals surface area contributed by atoms with E-state index in [-0.39, 0.29) is 11.9 Å². The number of benzene rings is 1. The van der Waals surface area contributed by atoms with E-state index in [1.807, 2.05) is 12.1 Å². The van der Waals surface area contributed by atoms with Gasteiger partial charge in [0.05, 0.1) is 12.7 Å². The highest BCUT2D eigenvalue weighted by Crippen LogP contribution is 2.16. The Kier molecular flexibility index (Phi) is 5.49. The zero-order chi connectivity index (χ0) is 12.7. The summed E-state index contributed by atoms with van der Waals surface area (Å²) in [6, 6.07) is 7.15. The molecule has 1 amide bonds. The van der Waals surface area contributed by atoms with E-state index in [1.54, 1.807) is 19.2 Å². The maximum Gasteiger partial charge on any atom is 0.255 e. The summed E-state index contributed by atoms with van der Waals surface area (Å²) in [6.07, 6.45) is 1.93. The second kappa shape index (κ2) is 6.91. The fraction of sp³-hybridized carbons (Fsp3) is 0.462. The zero-order valence-electron chi connectivity index (χ0n) is 10.4. The summed E-state index contributed by atoms with van der Waals surface area (Å²) in [6.45, 7) is 2.56. The summed E-state index contributed by atoms with van der Waals surface area (Å²) in [5.74, 6) is 0.433. The smallest absolute Gasteiger partial charge is 0.255 e. The van der Waals surface area contributed by atoms with E-state index in [0.29, 0.717) is 17.9 Å². The van der Waals surface area contributed by atoms with Crippen molar-refractivity contribution >= 4 is 5.91 Å². The van der Waals surface area contributed by atoms with E-state index in [4.69, 9.17) is 10.5 Å². The molecule has 0 aromatic heterocycles. The molecule has 1 aromatic carbocycles. The standard InChI is InChI=1S/C13H20N2O2/c1-3-6-10(14)9-15-13(16)11-7-4-5-8-12(11)17-2/h4-5,7-8,10H,3,6,9,14H2,1-2H3,(H,15,16). The van der Waals surface area contributed by atoms with E-state index < -0.39 is 0 Å². The van der Waals surface area contributed by atoms with Crippen LogP contribution in [0.4, 0.5) is 0 Å². The Morgan fingerprint density at radius 3 is 2.82 bits per heavy atom. The Labute approximate surface area is 102 Å². The van der Waals surface area contributed by atoms with Crippen molar-refractivity contribution in [3.05, 3.63) is 29.8 Å². The van der Waals surface area contributed by atoms with Gasteiger partial charge < -0.3 is 15.8 Å². The lowest BCUT2D eigenvalue weighted by molar-refractivity contribution is 0.0947. The van der Waals surface area contributed by atoms with Gasteiger partial charge in [-0.05, 0) is 18.6 Å². The summed E-state index contributed by atoms with van der Waals surface area (Å²) in [4.78, 5) is 11.9. The van der Waals surface area contributed by atoms with Crippen molar-refractivity contribution in [1.82, 2.24) is 5.32 Å². The van der Waals surface area contributed by atoms with Gasteiger partial charge in [0.25, 0.3) is 5.91 Å². The van der Waals surface area contributed by atoms with Gasteiger partial charge in [0.1, 0.15) is 5.75 Å². The molecule has 17 heavy (non-hydrogen) atoms. The minimum Gasteiger partial charge on any atom is -0.496 e. The third-order valence-corrected chi connectivity index (χ3v) is 2.54. The van der Waals surface area contributed by atoms with Crippen LogP contribution < -0.4 is 15.8 Å². The molecule has 4 heteroatoms. The van der Waals surface area contributed by atoms with Gasteiger partial charge in [-0.25, -0.2) is 0 Å². The van der Waals surface area contributed by atoms with Crippen LogP contribution in [0.1, 0.15) is 30.1 Å². The highest BCUT2D eigenvalue weighted by Gasteiger charge is 2.11. The molecule has 0 fully saturated rings. The third-order valence-electron chi connectivity index (χ3n) is 2.54. The molecule has 1 unspecified atom stereocenters. The van der Waals surface area contributed by atoms with E-state index in [0.717, 1.165) is 12.8 Å². The highest BCUT2D eigenvalue weighted by molar-refractivity contribution is 5.96. The predicted molar refractivity (Wildman–Crippen MR) is 68.2 cm³/mol. The van der Waals surface area contributed by atoms with E-state index in [2.05, 4.69) is 12.2 Å². The maximum absolute atomic E-state index is 11.9. The molecule has 0 radical (unpaired) electrons. The number of ether oxygens (including phenoxy) is 1. The van der Waals surface area contributed by atoms with Crippen LogP contribution >= 0.6 is 0 Å². The predicted octanol–water partition coefficient (Wildman–Crippen LogP) is 1.55. The molecule has 0 spiro atoms. The number of amides is 1. The van der Waals surface area contributed by atoms with Crippen LogP contribution in [0.25, 0.3) is 0 Å². The van der Waals surface area contributed by atoms with E-state index in [1.165, 1.54) is 0 Å². The number of carbonyl (C=O) groups is 1.